The number of methoxy groups -OCH3 is 1. The van der Waals surface area contributed by atoms with Gasteiger partial charge in [0.1, 0.15) is 0 Å². The number of halogens is 1. The Hall–Kier alpha value is -0.860. The van der Waals surface area contributed by atoms with E-state index in [2.05, 4.69) is 13.8 Å². The van der Waals surface area contributed by atoms with Crippen LogP contribution in [0.2, 0.25) is 0 Å². The summed E-state index contributed by atoms with van der Waals surface area (Å²) in [6.45, 7) is 4.69. The van der Waals surface area contributed by atoms with Crippen molar-refractivity contribution in [2.45, 2.75) is 65.2 Å². The normalized spacial score (nSPS) is 50.3. The third-order valence-corrected chi connectivity index (χ3v) is 8.71. The van der Waals surface area contributed by atoms with Crippen molar-refractivity contribution in [2.24, 2.45) is 40.4 Å². The molecule has 2 unspecified atom stereocenters. The summed E-state index contributed by atoms with van der Waals surface area (Å²) in [4.78, 5) is 12.3. The fraction of sp³-hybridized carbons (Fsp3) is 0.857. The van der Waals surface area contributed by atoms with Crippen LogP contribution in [0.25, 0.3) is 0 Å². The first-order chi connectivity index (χ1) is 11.4. The molecule has 0 bridgehead atoms. The second kappa shape index (κ2) is 5.57. The van der Waals surface area contributed by atoms with Crippen LogP contribution >= 0.6 is 0 Å². The van der Waals surface area contributed by atoms with E-state index in [0.717, 1.165) is 51.4 Å². The summed E-state index contributed by atoms with van der Waals surface area (Å²) in [6.07, 6.45) is 10.4. The molecule has 3 heteroatoms. The lowest BCUT2D eigenvalue weighted by Gasteiger charge is -2.59. The predicted octanol–water partition coefficient (Wildman–Crippen LogP) is 5.28. The Bertz CT molecular complexity index is 570. The summed E-state index contributed by atoms with van der Waals surface area (Å²) in [6, 6.07) is 0. The molecule has 7 atom stereocenters. The summed E-state index contributed by atoms with van der Waals surface area (Å²) in [5.41, 5.74) is 0.229. The summed E-state index contributed by atoms with van der Waals surface area (Å²) in [5.74, 6) is 2.29. The molecule has 0 heterocycles. The molecule has 134 valence electrons. The first-order valence-electron chi connectivity index (χ1n) is 9.85. The third-order valence-electron chi connectivity index (χ3n) is 8.71. The van der Waals surface area contributed by atoms with Gasteiger partial charge < -0.3 is 4.74 Å². The van der Waals surface area contributed by atoms with Gasteiger partial charge in [0.25, 0.3) is 0 Å². The molecule has 3 saturated carbocycles. The van der Waals surface area contributed by atoms with Gasteiger partial charge in [-0.25, -0.2) is 4.39 Å². The van der Waals surface area contributed by atoms with E-state index in [0.29, 0.717) is 17.8 Å². The summed E-state index contributed by atoms with van der Waals surface area (Å²) in [5, 5.41) is 0. The number of rotatable bonds is 1. The fourth-order valence-electron chi connectivity index (χ4n) is 7.46. The second-order valence-corrected chi connectivity index (χ2v) is 9.34. The Kier molecular flexibility index (Phi) is 3.85. The lowest BCUT2D eigenvalue weighted by Crippen LogP contribution is -2.53. The largest absolute Gasteiger partial charge is 0.469 e. The van der Waals surface area contributed by atoms with E-state index in [-0.39, 0.29) is 34.5 Å². The minimum absolute atomic E-state index is 0.00927. The average molecular weight is 334 g/mol. The number of esters is 1. The molecule has 0 spiro atoms. The second-order valence-electron chi connectivity index (χ2n) is 9.34. The van der Waals surface area contributed by atoms with Gasteiger partial charge in [-0.05, 0) is 80.0 Å². The van der Waals surface area contributed by atoms with Crippen molar-refractivity contribution in [2.75, 3.05) is 7.11 Å². The van der Waals surface area contributed by atoms with E-state index >= 15 is 0 Å². The summed E-state index contributed by atoms with van der Waals surface area (Å²) < 4.78 is 19.6. The molecular formula is C21H31FO2. The standard InChI is InChI=1S/C21H31FO2/c1-20-11-4-5-18(22)16(20)7-6-13-14-8-9-17(19(23)24-3)21(14,2)12-10-15(13)20/h5,13-17H,4,6-12H2,1-3H3/t13-,14-,15+,16?,17?,20+,21-/m0/s1. The highest BCUT2D eigenvalue weighted by Gasteiger charge is 2.61. The van der Waals surface area contributed by atoms with Crippen LogP contribution in [0.3, 0.4) is 0 Å². The molecule has 4 aliphatic rings. The molecule has 0 aromatic carbocycles. The maximum Gasteiger partial charge on any atom is 0.309 e. The van der Waals surface area contributed by atoms with Crippen molar-refractivity contribution in [3.8, 4) is 0 Å². The van der Waals surface area contributed by atoms with Gasteiger partial charge in [-0.1, -0.05) is 19.9 Å². The Balaban J connectivity index is 1.63. The SMILES string of the molecule is COC(=O)C1CC[C@H]2[C@@H]3CCC4C(F)=CCC[C@]4(C)[C@@H]3CC[C@]12C. The predicted molar refractivity (Wildman–Crippen MR) is 91.8 cm³/mol. The van der Waals surface area contributed by atoms with Crippen LogP contribution in [0, 0.1) is 40.4 Å². The molecule has 0 aromatic rings. The van der Waals surface area contributed by atoms with E-state index in [1.807, 2.05) is 6.08 Å². The molecule has 0 N–H and O–H groups in total. The van der Waals surface area contributed by atoms with E-state index in [9.17, 15) is 9.18 Å². The monoisotopic (exact) mass is 334 g/mol. The quantitative estimate of drug-likeness (QED) is 0.610. The summed E-state index contributed by atoms with van der Waals surface area (Å²) in [7, 11) is 1.52. The number of hydrogen-bond donors (Lipinski definition) is 0. The molecule has 4 aliphatic carbocycles. The van der Waals surface area contributed by atoms with Crippen LogP contribution in [0.1, 0.15) is 65.2 Å². The zero-order valence-corrected chi connectivity index (χ0v) is 15.3. The number of ether oxygens (including phenoxy) is 1. The summed E-state index contributed by atoms with van der Waals surface area (Å²) >= 11 is 0. The molecule has 4 rings (SSSR count). The van der Waals surface area contributed by atoms with Crippen LogP contribution < -0.4 is 0 Å². The number of carbonyl (C=O) groups is 1. The first kappa shape index (κ1) is 16.6. The van der Waals surface area contributed by atoms with Crippen LogP contribution in [0.5, 0.6) is 0 Å². The van der Waals surface area contributed by atoms with Crippen LogP contribution in [-0.2, 0) is 9.53 Å². The molecule has 2 nitrogen and oxygen atoms in total. The van der Waals surface area contributed by atoms with E-state index in [4.69, 9.17) is 4.74 Å². The van der Waals surface area contributed by atoms with Crippen molar-refractivity contribution in [3.05, 3.63) is 11.9 Å². The van der Waals surface area contributed by atoms with Gasteiger partial charge in [-0.2, -0.15) is 0 Å². The topological polar surface area (TPSA) is 26.3 Å². The maximum absolute atomic E-state index is 14.5. The Labute approximate surface area is 145 Å². The molecular weight excluding hydrogens is 303 g/mol. The van der Waals surface area contributed by atoms with E-state index in [1.54, 1.807) is 0 Å². The lowest BCUT2D eigenvalue weighted by atomic mass is 9.45. The third kappa shape index (κ3) is 2.08. The number of fused-ring (bicyclic) bond motifs is 5. The minimum atomic E-state index is -0.00927. The number of hydrogen-bond acceptors (Lipinski definition) is 2. The van der Waals surface area contributed by atoms with Crippen LogP contribution in [-0.4, -0.2) is 13.1 Å². The van der Waals surface area contributed by atoms with Gasteiger partial charge >= 0.3 is 5.97 Å². The smallest absolute Gasteiger partial charge is 0.309 e. The van der Waals surface area contributed by atoms with E-state index < -0.39 is 0 Å². The fourth-order valence-corrected chi connectivity index (χ4v) is 7.46. The van der Waals surface area contributed by atoms with Crippen molar-refractivity contribution in [3.63, 3.8) is 0 Å². The Morgan fingerprint density at radius 2 is 1.83 bits per heavy atom. The van der Waals surface area contributed by atoms with Crippen LogP contribution in [0.15, 0.2) is 11.9 Å². The van der Waals surface area contributed by atoms with Crippen molar-refractivity contribution >= 4 is 5.97 Å². The number of carbonyl (C=O) groups excluding carboxylic acids is 1. The molecule has 0 saturated heterocycles. The zero-order chi connectivity index (χ0) is 17.1. The highest BCUT2D eigenvalue weighted by molar-refractivity contribution is 5.73. The Morgan fingerprint density at radius 3 is 2.58 bits per heavy atom. The number of allylic oxidation sites excluding steroid dienone is 2. The van der Waals surface area contributed by atoms with Crippen molar-refractivity contribution in [1.29, 1.82) is 0 Å². The van der Waals surface area contributed by atoms with Gasteiger partial charge in [0.2, 0.25) is 0 Å². The molecule has 0 aromatic heterocycles. The van der Waals surface area contributed by atoms with Gasteiger partial charge in [0.05, 0.1) is 18.9 Å². The Morgan fingerprint density at radius 1 is 1.08 bits per heavy atom. The van der Waals surface area contributed by atoms with Gasteiger partial charge in [-0.15, -0.1) is 0 Å². The van der Waals surface area contributed by atoms with Crippen molar-refractivity contribution < 1.29 is 13.9 Å². The zero-order valence-electron chi connectivity index (χ0n) is 15.3. The van der Waals surface area contributed by atoms with Crippen molar-refractivity contribution in [1.82, 2.24) is 0 Å². The first-order valence-corrected chi connectivity index (χ1v) is 9.85. The molecule has 0 amide bonds. The highest BCUT2D eigenvalue weighted by atomic mass is 19.1. The lowest BCUT2D eigenvalue weighted by molar-refractivity contribution is -0.154. The average Bonchev–Trinajstić information content (AvgIpc) is 2.91. The van der Waals surface area contributed by atoms with Gasteiger partial charge in [-0.3, -0.25) is 4.79 Å². The molecule has 0 radical (unpaired) electrons. The maximum atomic E-state index is 14.5. The van der Waals surface area contributed by atoms with Gasteiger partial charge in [0.15, 0.2) is 0 Å². The van der Waals surface area contributed by atoms with E-state index in [1.165, 1.54) is 7.11 Å². The minimum Gasteiger partial charge on any atom is -0.469 e. The van der Waals surface area contributed by atoms with Crippen LogP contribution in [0.4, 0.5) is 4.39 Å². The molecule has 3 fully saturated rings. The molecule has 0 aliphatic heterocycles. The molecule has 24 heavy (non-hydrogen) atoms. The highest BCUT2D eigenvalue weighted by Crippen LogP contribution is 2.67. The van der Waals surface area contributed by atoms with Gasteiger partial charge in [0, 0.05) is 5.92 Å².